The van der Waals surface area contributed by atoms with Crippen LogP contribution in [0.2, 0.25) is 0 Å². The van der Waals surface area contributed by atoms with Crippen LogP contribution in [-0.4, -0.2) is 46.8 Å². The van der Waals surface area contributed by atoms with Gasteiger partial charge in [-0.3, -0.25) is 14.3 Å². The van der Waals surface area contributed by atoms with Crippen molar-refractivity contribution in [3.8, 4) is 11.3 Å². The van der Waals surface area contributed by atoms with Crippen LogP contribution >= 0.6 is 0 Å². The number of fused-ring (bicyclic) bond motifs is 3. The third-order valence-electron chi connectivity index (χ3n) is 5.82. The fourth-order valence-corrected chi connectivity index (χ4v) is 4.14. The van der Waals surface area contributed by atoms with Gasteiger partial charge in [-0.05, 0) is 12.5 Å². The Balaban J connectivity index is 1.53. The van der Waals surface area contributed by atoms with Gasteiger partial charge in [-0.25, -0.2) is 9.37 Å². The lowest BCUT2D eigenvalue weighted by Crippen LogP contribution is -2.23. The van der Waals surface area contributed by atoms with E-state index >= 15 is 0 Å². The van der Waals surface area contributed by atoms with Crippen LogP contribution in [0.5, 0.6) is 0 Å². The Bertz CT molecular complexity index is 1370. The molecule has 0 saturated heterocycles. The highest BCUT2D eigenvalue weighted by Crippen LogP contribution is 2.43. The summed E-state index contributed by atoms with van der Waals surface area (Å²) in [6.07, 6.45) is 2.13. The van der Waals surface area contributed by atoms with E-state index in [9.17, 15) is 14.0 Å². The highest BCUT2D eigenvalue weighted by Gasteiger charge is 2.43. The van der Waals surface area contributed by atoms with Crippen LogP contribution in [0.1, 0.15) is 26.5 Å². The molecule has 10 heteroatoms. The molecule has 0 spiro atoms. The Labute approximate surface area is 194 Å². The van der Waals surface area contributed by atoms with Crippen molar-refractivity contribution in [2.75, 3.05) is 29.6 Å². The maximum atomic E-state index is 13.3. The molecule has 1 saturated carbocycles. The van der Waals surface area contributed by atoms with Gasteiger partial charge >= 0.3 is 0 Å². The van der Waals surface area contributed by atoms with Crippen LogP contribution in [0, 0.1) is 5.92 Å². The number of aryl methyl sites for hydroxylation is 1. The summed E-state index contributed by atoms with van der Waals surface area (Å²) < 4.78 is 37.2. The van der Waals surface area contributed by atoms with Crippen LogP contribution in [0.25, 0.3) is 11.3 Å². The predicted molar refractivity (Wildman–Crippen MR) is 123 cm³/mol. The molecule has 0 bridgehead atoms. The number of halogens is 1. The Morgan fingerprint density at radius 2 is 2.09 bits per heavy atom. The van der Waals surface area contributed by atoms with Crippen molar-refractivity contribution < 1.29 is 18.1 Å². The fraction of sp³-hybridized carbons (Fsp3) is 0.304. The number of amides is 2. The number of rotatable bonds is 5. The molecule has 2 amide bonds. The van der Waals surface area contributed by atoms with Crippen molar-refractivity contribution >= 4 is 34.7 Å². The number of aromatic nitrogens is 3. The second-order valence-electron chi connectivity index (χ2n) is 8.28. The molecule has 1 aromatic carbocycles. The molecule has 2 atom stereocenters. The molecule has 1 aliphatic heterocycles. The van der Waals surface area contributed by atoms with E-state index < -0.39 is 30.9 Å². The normalized spacial score (nSPS) is 20.0. The van der Waals surface area contributed by atoms with E-state index in [4.69, 9.17) is 4.11 Å². The van der Waals surface area contributed by atoms with E-state index in [0.717, 1.165) is 22.5 Å². The molecule has 0 radical (unpaired) electrons. The van der Waals surface area contributed by atoms with Crippen LogP contribution in [-0.2, 0) is 18.4 Å². The first-order valence-corrected chi connectivity index (χ1v) is 10.4. The Morgan fingerprint density at radius 3 is 2.85 bits per heavy atom. The van der Waals surface area contributed by atoms with Gasteiger partial charge in [0.05, 0.1) is 34.2 Å². The van der Waals surface area contributed by atoms with Crippen LogP contribution in [0.4, 0.5) is 27.3 Å². The number of alkyl halides is 1. The van der Waals surface area contributed by atoms with Gasteiger partial charge in [0, 0.05) is 61.3 Å². The van der Waals surface area contributed by atoms with Crippen molar-refractivity contribution in [3.05, 3.63) is 47.8 Å². The fourth-order valence-electron chi connectivity index (χ4n) is 4.14. The van der Waals surface area contributed by atoms with Gasteiger partial charge < -0.3 is 20.9 Å². The number of para-hydroxylation sites is 1. The van der Waals surface area contributed by atoms with Crippen LogP contribution in [0.3, 0.4) is 0 Å². The zero-order chi connectivity index (χ0) is 25.8. The maximum absolute atomic E-state index is 13.3. The summed E-state index contributed by atoms with van der Waals surface area (Å²) in [5.74, 6) is -1.97. The summed E-state index contributed by atoms with van der Waals surface area (Å²) in [5.41, 5.74) is 4.49. The first kappa shape index (κ1) is 17.6. The average molecular weight is 453 g/mol. The third kappa shape index (κ3) is 3.77. The summed E-state index contributed by atoms with van der Waals surface area (Å²) in [6, 6.07) is 7.05. The highest BCUT2D eigenvalue weighted by atomic mass is 19.1. The molecule has 1 unspecified atom stereocenters. The molecule has 3 aromatic rings. The number of benzene rings is 1. The predicted octanol–water partition coefficient (Wildman–Crippen LogP) is 2.83. The van der Waals surface area contributed by atoms with E-state index in [0.29, 0.717) is 12.2 Å². The molecule has 5 rings (SSSR count). The summed E-state index contributed by atoms with van der Waals surface area (Å²) in [5, 5.41) is 12.3. The second-order valence-corrected chi connectivity index (χ2v) is 8.28. The van der Waals surface area contributed by atoms with Crippen LogP contribution in [0.15, 0.2) is 36.7 Å². The number of pyridine rings is 1. The van der Waals surface area contributed by atoms with Gasteiger partial charge in [-0.15, -0.1) is 0 Å². The number of nitrogens with one attached hydrogen (secondary N) is 3. The van der Waals surface area contributed by atoms with E-state index in [2.05, 4.69) is 20.7 Å². The summed E-state index contributed by atoms with van der Waals surface area (Å²) in [4.78, 5) is 31.1. The number of nitrogens with zero attached hydrogens (tertiary/aromatic N) is 4. The molecule has 3 N–H and O–H groups in total. The Kier molecular flexibility index (Phi) is 4.20. The summed E-state index contributed by atoms with van der Waals surface area (Å²) in [7, 11) is 3.79. The van der Waals surface area contributed by atoms with Gasteiger partial charge in [0.2, 0.25) is 5.91 Å². The second kappa shape index (κ2) is 7.88. The number of carbonyl (C=O) groups excluding carboxylic acids is 2. The molecule has 2 aliphatic rings. The van der Waals surface area contributed by atoms with E-state index in [1.807, 2.05) is 48.7 Å². The monoisotopic (exact) mass is 452 g/mol. The quantitative estimate of drug-likeness (QED) is 0.550. The standard InChI is InChI=1S/C23H24FN7O2/c1-25-22(32)15-9-26-19(28-23(33)14-7-16(14)24)8-18(15)27-17-6-4-5-13-20-12(11-31(3)29-20)10-30(2)21(13)17/h4-6,8-9,11,14,16H,7,10H2,1-3H3,(H,25,32)(H2,26,27,28,33)/t14?,16-/m1/s1/i1D3. The smallest absolute Gasteiger partial charge is 0.254 e. The van der Waals surface area contributed by atoms with Gasteiger partial charge in [0.15, 0.2) is 0 Å². The molecule has 170 valence electrons. The number of carbonyl (C=O) groups is 2. The molecule has 1 fully saturated rings. The SMILES string of the molecule is [2H]C([2H])([2H])NC(=O)c1cnc(NC(=O)C2C[C@H]2F)cc1Nc1cccc2c1N(C)Cc1cn(C)nc1-2. The molecule has 2 aromatic heterocycles. The van der Waals surface area contributed by atoms with Gasteiger partial charge in [-0.1, -0.05) is 12.1 Å². The topological polar surface area (TPSA) is 104 Å². The zero-order valence-electron chi connectivity index (χ0n) is 21.0. The molecule has 9 nitrogen and oxygen atoms in total. The Hall–Kier alpha value is -3.95. The van der Waals surface area contributed by atoms with Crippen molar-refractivity contribution in [2.24, 2.45) is 13.0 Å². The minimum Gasteiger partial charge on any atom is -0.368 e. The lowest BCUT2D eigenvalue weighted by atomic mass is 9.99. The lowest BCUT2D eigenvalue weighted by molar-refractivity contribution is -0.117. The van der Waals surface area contributed by atoms with E-state index in [1.54, 1.807) is 4.68 Å². The van der Waals surface area contributed by atoms with E-state index in [-0.39, 0.29) is 23.5 Å². The van der Waals surface area contributed by atoms with Crippen molar-refractivity contribution in [3.63, 3.8) is 0 Å². The Morgan fingerprint density at radius 1 is 1.27 bits per heavy atom. The first-order valence-electron chi connectivity index (χ1n) is 11.9. The number of anilines is 4. The third-order valence-corrected chi connectivity index (χ3v) is 5.82. The van der Waals surface area contributed by atoms with Gasteiger partial charge in [0.1, 0.15) is 12.0 Å². The molecular weight excluding hydrogens is 425 g/mol. The van der Waals surface area contributed by atoms with Crippen molar-refractivity contribution in [2.45, 2.75) is 19.1 Å². The molecule has 33 heavy (non-hydrogen) atoms. The van der Waals surface area contributed by atoms with Gasteiger partial charge in [-0.2, -0.15) is 5.10 Å². The average Bonchev–Trinajstić information content (AvgIpc) is 3.40. The molecule has 3 heterocycles. The highest BCUT2D eigenvalue weighted by molar-refractivity contribution is 6.02. The number of hydrogen-bond acceptors (Lipinski definition) is 6. The lowest BCUT2D eigenvalue weighted by Gasteiger charge is -2.29. The van der Waals surface area contributed by atoms with Gasteiger partial charge in [0.25, 0.3) is 5.91 Å². The minimum atomic E-state index is -2.70. The summed E-state index contributed by atoms with van der Waals surface area (Å²) in [6.45, 7) is -2.09. The summed E-state index contributed by atoms with van der Waals surface area (Å²) >= 11 is 0. The maximum Gasteiger partial charge on any atom is 0.254 e. The largest absolute Gasteiger partial charge is 0.368 e. The zero-order valence-corrected chi connectivity index (χ0v) is 18.0. The minimum absolute atomic E-state index is 0.0338. The number of hydrogen-bond donors (Lipinski definition) is 3. The van der Waals surface area contributed by atoms with E-state index in [1.165, 1.54) is 12.3 Å². The van der Waals surface area contributed by atoms with Crippen molar-refractivity contribution in [1.82, 2.24) is 20.1 Å². The molecular formula is C23H24FN7O2. The van der Waals surface area contributed by atoms with Crippen molar-refractivity contribution in [1.29, 1.82) is 0 Å². The molecule has 1 aliphatic carbocycles. The van der Waals surface area contributed by atoms with Crippen LogP contribution < -0.4 is 20.9 Å². The first-order chi connectivity index (χ1) is 17.0.